The molecule has 5 nitrogen and oxygen atoms in total. The highest BCUT2D eigenvalue weighted by atomic mass is 16.2. The summed E-state index contributed by atoms with van der Waals surface area (Å²) in [6.07, 6.45) is 7.24. The maximum Gasteiger partial charge on any atom is 0.220 e. The molecule has 0 saturated heterocycles. The van der Waals surface area contributed by atoms with Gasteiger partial charge >= 0.3 is 0 Å². The Hall–Kier alpha value is -2.27. The van der Waals surface area contributed by atoms with Crippen molar-refractivity contribution in [1.82, 2.24) is 15.0 Å². The van der Waals surface area contributed by atoms with E-state index in [1.165, 1.54) is 0 Å². The highest BCUT2D eigenvalue weighted by Crippen LogP contribution is 2.30. The number of aliphatic hydroxyl groups is 1. The van der Waals surface area contributed by atoms with Gasteiger partial charge in [0.2, 0.25) is 5.95 Å². The Morgan fingerprint density at radius 1 is 1.24 bits per heavy atom. The molecule has 2 heterocycles. The van der Waals surface area contributed by atoms with Crippen LogP contribution in [0.3, 0.4) is 0 Å². The summed E-state index contributed by atoms with van der Waals surface area (Å²) < 4.78 is 0. The summed E-state index contributed by atoms with van der Waals surface area (Å²) in [4.78, 5) is 13.0. The van der Waals surface area contributed by atoms with Crippen molar-refractivity contribution in [2.75, 3.05) is 12.3 Å². The van der Waals surface area contributed by atoms with Gasteiger partial charge < -0.3 is 10.8 Å². The first kappa shape index (κ1) is 13.7. The molecule has 0 aliphatic heterocycles. The molecule has 108 valence electrons. The Balaban J connectivity index is 1.89. The Kier molecular flexibility index (Phi) is 3.92. The van der Waals surface area contributed by atoms with Gasteiger partial charge in [-0.05, 0) is 31.4 Å². The quantitative estimate of drug-likeness (QED) is 0.816. The van der Waals surface area contributed by atoms with Crippen molar-refractivity contribution in [1.29, 1.82) is 0 Å². The van der Waals surface area contributed by atoms with Crippen LogP contribution in [0.15, 0.2) is 30.5 Å². The topological polar surface area (TPSA) is 84.9 Å². The van der Waals surface area contributed by atoms with E-state index in [2.05, 4.69) is 27.1 Å². The van der Waals surface area contributed by atoms with Crippen molar-refractivity contribution in [3.8, 4) is 0 Å². The summed E-state index contributed by atoms with van der Waals surface area (Å²) in [5, 5.41) is 8.86. The lowest BCUT2D eigenvalue weighted by Gasteiger charge is -2.08. The lowest BCUT2D eigenvalue weighted by atomic mass is 10.0. The van der Waals surface area contributed by atoms with Crippen LogP contribution in [0.1, 0.15) is 35.5 Å². The average Bonchev–Trinajstić information content (AvgIpc) is 2.91. The second-order valence-corrected chi connectivity index (χ2v) is 5.10. The molecule has 2 aromatic rings. The summed E-state index contributed by atoms with van der Waals surface area (Å²) in [6.45, 7) is 0.206. The number of unbranched alkanes of at least 4 members (excludes halogenated alkanes) is 1. The molecule has 0 spiro atoms. The first-order valence-electron chi connectivity index (χ1n) is 7.17. The van der Waals surface area contributed by atoms with E-state index in [0.29, 0.717) is 5.95 Å². The zero-order chi connectivity index (χ0) is 14.7. The number of hydrogen-bond acceptors (Lipinski definition) is 5. The molecule has 1 aliphatic carbocycles. The summed E-state index contributed by atoms with van der Waals surface area (Å²) in [5.41, 5.74) is 10.9. The predicted molar refractivity (Wildman–Crippen MR) is 81.5 cm³/mol. The van der Waals surface area contributed by atoms with Crippen LogP contribution in [0.4, 0.5) is 5.95 Å². The predicted octanol–water partition coefficient (Wildman–Crippen LogP) is 1.76. The molecular formula is C16H18N4O. The van der Waals surface area contributed by atoms with Crippen molar-refractivity contribution in [3.05, 3.63) is 53.1 Å². The molecule has 3 rings (SSSR count). The largest absolute Gasteiger partial charge is 0.396 e. The highest BCUT2D eigenvalue weighted by Gasteiger charge is 2.18. The van der Waals surface area contributed by atoms with E-state index in [-0.39, 0.29) is 6.61 Å². The van der Waals surface area contributed by atoms with E-state index in [1.54, 1.807) is 0 Å². The van der Waals surface area contributed by atoms with Gasteiger partial charge in [0.05, 0.1) is 11.4 Å². The molecule has 0 aromatic carbocycles. The maximum atomic E-state index is 8.86. The number of nitrogens with zero attached hydrogens (tertiary/aromatic N) is 3. The fourth-order valence-corrected chi connectivity index (χ4v) is 2.60. The molecule has 0 bridgehead atoms. The van der Waals surface area contributed by atoms with Crippen molar-refractivity contribution in [3.63, 3.8) is 0 Å². The zero-order valence-corrected chi connectivity index (χ0v) is 11.8. The van der Waals surface area contributed by atoms with Gasteiger partial charge in [0, 0.05) is 36.1 Å². The van der Waals surface area contributed by atoms with Crippen molar-refractivity contribution in [2.24, 2.45) is 0 Å². The number of nitrogen functional groups attached to an aromatic ring is 1. The van der Waals surface area contributed by atoms with Crippen LogP contribution >= 0.6 is 0 Å². The third kappa shape index (κ3) is 2.92. The molecule has 1 aliphatic rings. The van der Waals surface area contributed by atoms with Crippen molar-refractivity contribution >= 4 is 11.5 Å². The normalized spacial score (nSPS) is 13.1. The van der Waals surface area contributed by atoms with Gasteiger partial charge in [0.15, 0.2) is 0 Å². The zero-order valence-electron chi connectivity index (χ0n) is 11.8. The molecule has 3 N–H and O–H groups in total. The number of aryl methyl sites for hydroxylation is 1. The molecule has 0 atom stereocenters. The van der Waals surface area contributed by atoms with Crippen LogP contribution in [-0.2, 0) is 12.8 Å². The number of pyridine rings is 1. The third-order valence-corrected chi connectivity index (χ3v) is 3.59. The van der Waals surface area contributed by atoms with Gasteiger partial charge in [-0.25, -0.2) is 9.97 Å². The third-order valence-electron chi connectivity index (χ3n) is 3.59. The Bertz CT molecular complexity index is 682. The van der Waals surface area contributed by atoms with Crippen LogP contribution in [0, 0.1) is 0 Å². The molecule has 0 fully saturated rings. The van der Waals surface area contributed by atoms with Gasteiger partial charge in [-0.2, -0.15) is 0 Å². The van der Waals surface area contributed by atoms with Crippen LogP contribution in [0.25, 0.3) is 5.57 Å². The fraction of sp³-hybridized carbons (Fsp3) is 0.312. The SMILES string of the molecule is Nc1nc(CCCCO)cc(C2=CCc3ncccc32)n1. The number of hydrogen-bond donors (Lipinski definition) is 2. The van der Waals surface area contributed by atoms with E-state index in [1.807, 2.05) is 18.3 Å². The van der Waals surface area contributed by atoms with Crippen LogP contribution in [0.5, 0.6) is 0 Å². The minimum absolute atomic E-state index is 0.206. The Morgan fingerprint density at radius 2 is 2.14 bits per heavy atom. The van der Waals surface area contributed by atoms with Gasteiger partial charge in [-0.1, -0.05) is 12.1 Å². The smallest absolute Gasteiger partial charge is 0.220 e. The van der Waals surface area contributed by atoms with Crippen LogP contribution in [-0.4, -0.2) is 26.7 Å². The number of allylic oxidation sites excluding steroid dienone is 1. The first-order valence-corrected chi connectivity index (χ1v) is 7.17. The van der Waals surface area contributed by atoms with Gasteiger partial charge in [0.1, 0.15) is 0 Å². The monoisotopic (exact) mass is 282 g/mol. The molecule has 0 saturated carbocycles. The summed E-state index contributed by atoms with van der Waals surface area (Å²) in [5.74, 6) is 0.296. The van der Waals surface area contributed by atoms with E-state index >= 15 is 0 Å². The minimum Gasteiger partial charge on any atom is -0.396 e. The number of rotatable bonds is 5. The van der Waals surface area contributed by atoms with Crippen molar-refractivity contribution in [2.45, 2.75) is 25.7 Å². The first-order chi connectivity index (χ1) is 10.3. The van der Waals surface area contributed by atoms with Crippen molar-refractivity contribution < 1.29 is 5.11 Å². The summed E-state index contributed by atoms with van der Waals surface area (Å²) >= 11 is 0. The minimum atomic E-state index is 0.206. The summed E-state index contributed by atoms with van der Waals surface area (Å²) in [7, 11) is 0. The molecule has 21 heavy (non-hydrogen) atoms. The van der Waals surface area contributed by atoms with E-state index < -0.39 is 0 Å². The lowest BCUT2D eigenvalue weighted by molar-refractivity contribution is 0.284. The van der Waals surface area contributed by atoms with E-state index in [9.17, 15) is 0 Å². The Morgan fingerprint density at radius 3 is 3.00 bits per heavy atom. The van der Waals surface area contributed by atoms with E-state index in [0.717, 1.165) is 53.9 Å². The maximum absolute atomic E-state index is 8.86. The van der Waals surface area contributed by atoms with Gasteiger partial charge in [-0.15, -0.1) is 0 Å². The van der Waals surface area contributed by atoms with Gasteiger partial charge in [0.25, 0.3) is 0 Å². The number of aromatic nitrogens is 3. The number of nitrogens with two attached hydrogens (primary N) is 1. The Labute approximate surface area is 123 Å². The van der Waals surface area contributed by atoms with Crippen LogP contribution < -0.4 is 5.73 Å². The van der Waals surface area contributed by atoms with Gasteiger partial charge in [-0.3, -0.25) is 4.98 Å². The number of anilines is 1. The standard InChI is InChI=1S/C16H18N4O/c17-16-19-11(4-1-2-9-21)10-15(20-16)13-6-7-14-12(13)5-3-8-18-14/h3,5-6,8,10,21H,1-2,4,7,9H2,(H2,17,19,20). The lowest BCUT2D eigenvalue weighted by Crippen LogP contribution is -2.03. The second-order valence-electron chi connectivity index (χ2n) is 5.10. The molecule has 2 aromatic heterocycles. The molecule has 5 heteroatoms. The highest BCUT2D eigenvalue weighted by molar-refractivity contribution is 5.82. The molecule has 0 amide bonds. The number of fused-ring (bicyclic) bond motifs is 1. The fourth-order valence-electron chi connectivity index (χ4n) is 2.60. The average molecular weight is 282 g/mol. The molecule has 0 radical (unpaired) electrons. The molecule has 0 unspecified atom stereocenters. The second kappa shape index (κ2) is 6.01. The van der Waals surface area contributed by atoms with Crippen LogP contribution in [0.2, 0.25) is 0 Å². The van der Waals surface area contributed by atoms with E-state index in [4.69, 9.17) is 10.8 Å². The number of aliphatic hydroxyl groups excluding tert-OH is 1. The molecular weight excluding hydrogens is 264 g/mol. The summed E-state index contributed by atoms with van der Waals surface area (Å²) in [6, 6.07) is 5.98.